The van der Waals surface area contributed by atoms with E-state index in [2.05, 4.69) is 79.3 Å². The van der Waals surface area contributed by atoms with Crippen LogP contribution in [0.3, 0.4) is 0 Å². The van der Waals surface area contributed by atoms with E-state index in [0.717, 1.165) is 74.9 Å². The van der Waals surface area contributed by atoms with Crippen molar-refractivity contribution in [3.8, 4) is 11.3 Å². The second-order valence-electron chi connectivity index (χ2n) is 11.5. The molecule has 1 aromatic carbocycles. The summed E-state index contributed by atoms with van der Waals surface area (Å²) < 4.78 is 14.1. The third-order valence-electron chi connectivity index (χ3n) is 7.80. The molecule has 1 fully saturated rings. The first-order valence-electron chi connectivity index (χ1n) is 13.1. The highest BCUT2D eigenvalue weighted by molar-refractivity contribution is 6.74. The van der Waals surface area contributed by atoms with Crippen LogP contribution in [-0.2, 0) is 15.6 Å². The van der Waals surface area contributed by atoms with Gasteiger partial charge in [0.05, 0.1) is 30.6 Å². The van der Waals surface area contributed by atoms with E-state index in [-0.39, 0.29) is 11.0 Å². The molecule has 0 radical (unpaired) electrons. The van der Waals surface area contributed by atoms with Crippen molar-refractivity contribution in [3.05, 3.63) is 53.2 Å². The minimum Gasteiger partial charge on any atom is -0.417 e. The summed E-state index contributed by atoms with van der Waals surface area (Å²) in [5.41, 5.74) is 4.38. The van der Waals surface area contributed by atoms with Crippen LogP contribution in [0.25, 0.3) is 16.8 Å². The van der Waals surface area contributed by atoms with Gasteiger partial charge in [-0.1, -0.05) is 57.5 Å². The predicted octanol–water partition coefficient (Wildman–Crippen LogP) is 6.44. The van der Waals surface area contributed by atoms with E-state index >= 15 is 0 Å². The Morgan fingerprint density at radius 1 is 1.19 bits per heavy atom. The van der Waals surface area contributed by atoms with Crippen LogP contribution < -0.4 is 0 Å². The number of benzene rings is 1. The molecule has 1 aliphatic heterocycles. The molecule has 3 heterocycles. The molecule has 2 aromatic heterocycles. The number of ether oxygens (including phenoxy) is 1. The molecule has 0 aliphatic carbocycles. The Morgan fingerprint density at radius 2 is 1.94 bits per heavy atom. The van der Waals surface area contributed by atoms with Crippen LogP contribution in [0.5, 0.6) is 0 Å². The van der Waals surface area contributed by atoms with Crippen molar-refractivity contribution < 1.29 is 9.16 Å². The SMILES string of the molecule is C[C@@H](CCO[Si](C)(C)C(C)(C)C)c1nc(-c2cccc(CCN3CCOCC3)c2)c2cnc(Cl)cn12. The monoisotopic (exact) mass is 528 g/mol. The number of imidazole rings is 1. The summed E-state index contributed by atoms with van der Waals surface area (Å²) in [5.74, 6) is 1.22. The second kappa shape index (κ2) is 11.3. The molecule has 4 rings (SSSR count). The zero-order valence-electron chi connectivity index (χ0n) is 22.7. The number of morpholine rings is 1. The van der Waals surface area contributed by atoms with Gasteiger partial charge in [0.25, 0.3) is 0 Å². The predicted molar refractivity (Wildman–Crippen MR) is 151 cm³/mol. The van der Waals surface area contributed by atoms with Crippen LogP contribution in [0, 0.1) is 0 Å². The van der Waals surface area contributed by atoms with E-state index < -0.39 is 8.32 Å². The average molecular weight is 529 g/mol. The fourth-order valence-electron chi connectivity index (χ4n) is 4.37. The van der Waals surface area contributed by atoms with Crippen LogP contribution in [-0.4, -0.2) is 67.0 Å². The fourth-order valence-corrected chi connectivity index (χ4v) is 5.58. The number of nitrogens with zero attached hydrogens (tertiary/aromatic N) is 4. The van der Waals surface area contributed by atoms with E-state index in [1.807, 2.05) is 12.4 Å². The summed E-state index contributed by atoms with van der Waals surface area (Å²) in [7, 11) is -1.78. The molecular formula is C28H41ClN4O2Si. The van der Waals surface area contributed by atoms with Gasteiger partial charge in [0.2, 0.25) is 0 Å². The molecule has 0 saturated carbocycles. The Labute approximate surface area is 222 Å². The van der Waals surface area contributed by atoms with E-state index in [4.69, 9.17) is 25.7 Å². The summed E-state index contributed by atoms with van der Waals surface area (Å²) in [5, 5.41) is 0.673. The highest BCUT2D eigenvalue weighted by Crippen LogP contribution is 2.37. The molecule has 196 valence electrons. The maximum Gasteiger partial charge on any atom is 0.191 e. The summed E-state index contributed by atoms with van der Waals surface area (Å²) in [6.07, 6.45) is 5.64. The van der Waals surface area contributed by atoms with Crippen LogP contribution in [0.4, 0.5) is 0 Å². The molecule has 3 aromatic rings. The van der Waals surface area contributed by atoms with Gasteiger partial charge in [0.15, 0.2) is 8.32 Å². The third kappa shape index (κ3) is 6.37. The van der Waals surface area contributed by atoms with Gasteiger partial charge < -0.3 is 9.16 Å². The lowest BCUT2D eigenvalue weighted by molar-refractivity contribution is 0.0384. The maximum absolute atomic E-state index is 6.46. The number of hydrogen-bond donors (Lipinski definition) is 0. The minimum atomic E-state index is -1.78. The molecule has 1 saturated heterocycles. The molecule has 36 heavy (non-hydrogen) atoms. The zero-order chi connectivity index (χ0) is 25.9. The zero-order valence-corrected chi connectivity index (χ0v) is 24.4. The lowest BCUT2D eigenvalue weighted by Gasteiger charge is -2.36. The molecule has 6 nitrogen and oxygen atoms in total. The number of aromatic nitrogens is 3. The van der Waals surface area contributed by atoms with Crippen LogP contribution in [0.1, 0.15) is 51.4 Å². The van der Waals surface area contributed by atoms with Gasteiger partial charge in [-0.25, -0.2) is 9.97 Å². The van der Waals surface area contributed by atoms with Gasteiger partial charge in [-0.05, 0) is 42.6 Å². The molecule has 1 atom stereocenters. The van der Waals surface area contributed by atoms with Crippen LogP contribution in [0.2, 0.25) is 23.3 Å². The summed E-state index contributed by atoms with van der Waals surface area (Å²) >= 11 is 6.31. The number of halogens is 1. The highest BCUT2D eigenvalue weighted by Gasteiger charge is 2.37. The molecule has 0 bridgehead atoms. The lowest BCUT2D eigenvalue weighted by atomic mass is 10.1. The van der Waals surface area contributed by atoms with E-state index in [1.54, 1.807) is 0 Å². The second-order valence-corrected chi connectivity index (χ2v) is 16.7. The van der Waals surface area contributed by atoms with Crippen molar-refractivity contribution in [1.29, 1.82) is 0 Å². The largest absolute Gasteiger partial charge is 0.417 e. The van der Waals surface area contributed by atoms with Gasteiger partial charge in [0.1, 0.15) is 11.0 Å². The molecule has 1 aliphatic rings. The maximum atomic E-state index is 6.46. The molecule has 0 spiro atoms. The molecule has 8 heteroatoms. The van der Waals surface area contributed by atoms with Crippen molar-refractivity contribution in [1.82, 2.24) is 19.3 Å². The topological polar surface area (TPSA) is 51.9 Å². The molecular weight excluding hydrogens is 488 g/mol. The van der Waals surface area contributed by atoms with Crippen molar-refractivity contribution in [2.75, 3.05) is 39.5 Å². The molecule has 0 N–H and O–H groups in total. The van der Waals surface area contributed by atoms with E-state index in [9.17, 15) is 0 Å². The van der Waals surface area contributed by atoms with Crippen LogP contribution in [0.15, 0.2) is 36.7 Å². The molecule has 0 unspecified atom stereocenters. The standard InChI is InChI=1S/C28H41ClN4O2Si/c1-21(11-15-35-36(5,6)28(2,3)4)27-31-26(24-19-30-25(29)20-33(24)27)23-9-7-8-22(18-23)10-12-32-13-16-34-17-14-32/h7-9,18-21H,10-17H2,1-6H3/t21-/m0/s1. The summed E-state index contributed by atoms with van der Waals surface area (Å²) in [6, 6.07) is 8.75. The van der Waals surface area contributed by atoms with Crippen molar-refractivity contribution in [3.63, 3.8) is 0 Å². The average Bonchev–Trinajstić information content (AvgIpc) is 3.21. The highest BCUT2D eigenvalue weighted by atomic mass is 35.5. The van der Waals surface area contributed by atoms with Gasteiger partial charge >= 0.3 is 0 Å². The Balaban J connectivity index is 1.54. The van der Waals surface area contributed by atoms with Gasteiger partial charge in [0, 0.05) is 43.9 Å². The van der Waals surface area contributed by atoms with E-state index in [1.165, 1.54) is 5.56 Å². The Morgan fingerprint density at radius 3 is 2.67 bits per heavy atom. The van der Waals surface area contributed by atoms with Gasteiger partial charge in [-0.15, -0.1) is 0 Å². The number of fused-ring (bicyclic) bond motifs is 1. The van der Waals surface area contributed by atoms with Crippen molar-refractivity contribution >= 4 is 25.4 Å². The molecule has 0 amide bonds. The quantitative estimate of drug-likeness (QED) is 0.299. The number of hydrogen-bond acceptors (Lipinski definition) is 5. The van der Waals surface area contributed by atoms with Crippen LogP contribution >= 0.6 is 11.6 Å². The van der Waals surface area contributed by atoms with Gasteiger partial charge in [-0.3, -0.25) is 9.30 Å². The van der Waals surface area contributed by atoms with Crippen molar-refractivity contribution in [2.24, 2.45) is 0 Å². The first-order valence-corrected chi connectivity index (χ1v) is 16.4. The Hall–Kier alpha value is -1.77. The summed E-state index contributed by atoms with van der Waals surface area (Å²) in [6.45, 7) is 19.1. The summed E-state index contributed by atoms with van der Waals surface area (Å²) in [4.78, 5) is 12.0. The first kappa shape index (κ1) is 27.3. The smallest absolute Gasteiger partial charge is 0.191 e. The Bertz CT molecular complexity index is 1170. The fraction of sp³-hybridized carbons (Fsp3) is 0.571. The van der Waals surface area contributed by atoms with Gasteiger partial charge in [-0.2, -0.15) is 0 Å². The number of rotatable bonds is 9. The lowest BCUT2D eigenvalue weighted by Crippen LogP contribution is -2.41. The van der Waals surface area contributed by atoms with Crippen molar-refractivity contribution in [2.45, 2.75) is 64.6 Å². The normalized spacial score (nSPS) is 16.5. The first-order chi connectivity index (χ1) is 17.0. The minimum absolute atomic E-state index is 0.204. The Kier molecular flexibility index (Phi) is 8.57. The van der Waals surface area contributed by atoms with E-state index in [0.29, 0.717) is 5.15 Å². The third-order valence-corrected chi connectivity index (χ3v) is 12.5.